The van der Waals surface area contributed by atoms with Crippen LogP contribution in [0.25, 0.3) is 0 Å². The Hall–Kier alpha value is -2.68. The Morgan fingerprint density at radius 2 is 1.97 bits per heavy atom. The summed E-state index contributed by atoms with van der Waals surface area (Å²) in [7, 11) is 0. The highest BCUT2D eigenvalue weighted by Gasteiger charge is 2.31. The van der Waals surface area contributed by atoms with E-state index in [1.165, 1.54) is 12.1 Å². The standard InChI is InChI=1S/C24H30FN3O4/c25-20-4-1-3-18(13-20)16-32-22-6-2-5-21(14-22)27-24(29)26-15-23(19-7-10-31-17-19)28-8-11-30-12-9-28/h1-6,13-14,19,23H,7-12,15-17H2,(H2,26,27,29). The van der Waals surface area contributed by atoms with Gasteiger partial charge in [-0.2, -0.15) is 0 Å². The molecule has 0 bridgehead atoms. The molecule has 0 radical (unpaired) electrons. The summed E-state index contributed by atoms with van der Waals surface area (Å²) in [5.41, 5.74) is 1.37. The number of rotatable bonds is 8. The molecule has 32 heavy (non-hydrogen) atoms. The van der Waals surface area contributed by atoms with Gasteiger partial charge in [-0.15, -0.1) is 0 Å². The quantitative estimate of drug-likeness (QED) is 0.655. The molecule has 0 saturated carbocycles. The normalized spacial score (nSPS) is 20.0. The van der Waals surface area contributed by atoms with Gasteiger partial charge in [0.15, 0.2) is 0 Å². The number of benzene rings is 2. The molecule has 2 unspecified atom stereocenters. The lowest BCUT2D eigenvalue weighted by molar-refractivity contribution is 0.00222. The topological polar surface area (TPSA) is 72.1 Å². The summed E-state index contributed by atoms with van der Waals surface area (Å²) >= 11 is 0. The molecule has 2 amide bonds. The van der Waals surface area contributed by atoms with Crippen molar-refractivity contribution in [2.45, 2.75) is 19.1 Å². The molecule has 2 aliphatic heterocycles. The first-order valence-corrected chi connectivity index (χ1v) is 11.1. The number of carbonyl (C=O) groups is 1. The smallest absolute Gasteiger partial charge is 0.319 e. The molecule has 0 spiro atoms. The average molecular weight is 444 g/mol. The maximum absolute atomic E-state index is 13.3. The first-order valence-electron chi connectivity index (χ1n) is 11.1. The van der Waals surface area contributed by atoms with Gasteiger partial charge in [-0.25, -0.2) is 9.18 Å². The first kappa shape index (κ1) is 22.5. The third-order valence-corrected chi connectivity index (χ3v) is 5.88. The molecule has 4 rings (SSSR count). The van der Waals surface area contributed by atoms with Crippen LogP contribution in [0.4, 0.5) is 14.9 Å². The summed E-state index contributed by atoms with van der Waals surface area (Å²) in [5, 5.41) is 5.89. The number of amides is 2. The van der Waals surface area contributed by atoms with E-state index in [0.717, 1.165) is 51.5 Å². The maximum Gasteiger partial charge on any atom is 0.319 e. The van der Waals surface area contributed by atoms with E-state index in [-0.39, 0.29) is 24.5 Å². The Kier molecular flexibility index (Phi) is 7.92. The molecule has 2 atom stereocenters. The molecule has 7 nitrogen and oxygen atoms in total. The van der Waals surface area contributed by atoms with Crippen LogP contribution in [0.1, 0.15) is 12.0 Å². The van der Waals surface area contributed by atoms with Crippen LogP contribution in [0, 0.1) is 11.7 Å². The van der Waals surface area contributed by atoms with E-state index in [0.29, 0.717) is 23.9 Å². The molecule has 0 aromatic heterocycles. The highest BCUT2D eigenvalue weighted by Crippen LogP contribution is 2.22. The van der Waals surface area contributed by atoms with Crippen LogP contribution in [0.3, 0.4) is 0 Å². The molecular weight excluding hydrogens is 413 g/mol. The van der Waals surface area contributed by atoms with Crippen LogP contribution in [-0.2, 0) is 16.1 Å². The van der Waals surface area contributed by atoms with Crippen LogP contribution in [0.15, 0.2) is 48.5 Å². The molecule has 2 fully saturated rings. The van der Waals surface area contributed by atoms with Gasteiger partial charge in [0.25, 0.3) is 0 Å². The van der Waals surface area contributed by atoms with Gasteiger partial charge in [-0.3, -0.25) is 4.90 Å². The fourth-order valence-corrected chi connectivity index (χ4v) is 4.19. The van der Waals surface area contributed by atoms with Crippen LogP contribution in [0.5, 0.6) is 5.75 Å². The van der Waals surface area contributed by atoms with Crippen molar-refractivity contribution in [1.82, 2.24) is 10.2 Å². The summed E-state index contributed by atoms with van der Waals surface area (Å²) < 4.78 is 30.1. The summed E-state index contributed by atoms with van der Waals surface area (Å²) in [6.45, 7) is 5.49. The highest BCUT2D eigenvalue weighted by atomic mass is 19.1. The predicted octanol–water partition coefficient (Wildman–Crippen LogP) is 3.26. The Morgan fingerprint density at radius 1 is 1.12 bits per heavy atom. The maximum atomic E-state index is 13.3. The Bertz CT molecular complexity index is 885. The van der Waals surface area contributed by atoms with Crippen molar-refractivity contribution in [3.8, 4) is 5.75 Å². The monoisotopic (exact) mass is 443 g/mol. The Balaban J connectivity index is 1.29. The number of hydrogen-bond acceptors (Lipinski definition) is 5. The van der Waals surface area contributed by atoms with Gasteiger partial charge in [-0.05, 0) is 36.2 Å². The van der Waals surface area contributed by atoms with Crippen LogP contribution in [0.2, 0.25) is 0 Å². The summed E-state index contributed by atoms with van der Waals surface area (Å²) in [4.78, 5) is 15.0. The number of nitrogens with zero attached hydrogens (tertiary/aromatic N) is 1. The molecule has 2 saturated heterocycles. The van der Waals surface area contributed by atoms with Crippen molar-refractivity contribution in [3.63, 3.8) is 0 Å². The summed E-state index contributed by atoms with van der Waals surface area (Å²) in [5.74, 6) is 0.715. The van der Waals surface area contributed by atoms with Gasteiger partial charge in [0.2, 0.25) is 0 Å². The van der Waals surface area contributed by atoms with E-state index < -0.39 is 0 Å². The first-order chi connectivity index (χ1) is 15.7. The number of carbonyl (C=O) groups excluding carboxylic acids is 1. The number of morpholine rings is 1. The van der Waals surface area contributed by atoms with Crippen LogP contribution < -0.4 is 15.4 Å². The Morgan fingerprint density at radius 3 is 2.75 bits per heavy atom. The lowest BCUT2D eigenvalue weighted by Crippen LogP contribution is -2.52. The fourth-order valence-electron chi connectivity index (χ4n) is 4.19. The third kappa shape index (κ3) is 6.41. The Labute approximate surface area is 187 Å². The molecular formula is C24H30FN3O4. The molecule has 0 aliphatic carbocycles. The van der Waals surface area contributed by atoms with Crippen molar-refractivity contribution in [2.75, 3.05) is 51.4 Å². The minimum Gasteiger partial charge on any atom is -0.489 e. The molecule has 2 aliphatic rings. The van der Waals surface area contributed by atoms with Crippen molar-refractivity contribution < 1.29 is 23.4 Å². The number of nitrogens with one attached hydrogen (secondary N) is 2. The fraction of sp³-hybridized carbons (Fsp3) is 0.458. The number of anilines is 1. The zero-order chi connectivity index (χ0) is 22.2. The predicted molar refractivity (Wildman–Crippen MR) is 119 cm³/mol. The van der Waals surface area contributed by atoms with E-state index in [2.05, 4.69) is 15.5 Å². The number of halogens is 1. The lowest BCUT2D eigenvalue weighted by Gasteiger charge is -2.37. The molecule has 2 heterocycles. The van der Waals surface area contributed by atoms with E-state index in [1.807, 2.05) is 6.07 Å². The van der Waals surface area contributed by atoms with Crippen molar-refractivity contribution in [3.05, 3.63) is 59.9 Å². The molecule has 8 heteroatoms. The minimum atomic E-state index is -0.294. The van der Waals surface area contributed by atoms with Gasteiger partial charge in [0.05, 0.1) is 19.8 Å². The van der Waals surface area contributed by atoms with E-state index >= 15 is 0 Å². The van der Waals surface area contributed by atoms with Gasteiger partial charge in [-0.1, -0.05) is 18.2 Å². The zero-order valence-corrected chi connectivity index (χ0v) is 18.1. The summed E-state index contributed by atoms with van der Waals surface area (Å²) in [6.07, 6.45) is 1.01. The van der Waals surface area contributed by atoms with Crippen LogP contribution >= 0.6 is 0 Å². The van der Waals surface area contributed by atoms with Crippen LogP contribution in [-0.4, -0.2) is 63.0 Å². The van der Waals surface area contributed by atoms with Gasteiger partial charge < -0.3 is 24.8 Å². The second kappa shape index (κ2) is 11.3. The number of hydrogen-bond donors (Lipinski definition) is 2. The summed E-state index contributed by atoms with van der Waals surface area (Å²) in [6, 6.07) is 13.4. The number of urea groups is 1. The second-order valence-electron chi connectivity index (χ2n) is 8.12. The van der Waals surface area contributed by atoms with Crippen molar-refractivity contribution in [1.29, 1.82) is 0 Å². The zero-order valence-electron chi connectivity index (χ0n) is 18.1. The molecule has 172 valence electrons. The van der Waals surface area contributed by atoms with E-state index in [4.69, 9.17) is 14.2 Å². The van der Waals surface area contributed by atoms with Crippen molar-refractivity contribution >= 4 is 11.7 Å². The third-order valence-electron chi connectivity index (χ3n) is 5.88. The van der Waals surface area contributed by atoms with Crippen molar-refractivity contribution in [2.24, 2.45) is 5.92 Å². The van der Waals surface area contributed by atoms with Gasteiger partial charge >= 0.3 is 6.03 Å². The van der Waals surface area contributed by atoms with E-state index in [1.54, 1.807) is 30.3 Å². The molecule has 2 aromatic rings. The SMILES string of the molecule is O=C(NCC(C1CCOC1)N1CCOCC1)Nc1cccc(OCc2cccc(F)c2)c1. The number of ether oxygens (including phenoxy) is 3. The van der Waals surface area contributed by atoms with Gasteiger partial charge in [0, 0.05) is 50.0 Å². The highest BCUT2D eigenvalue weighted by molar-refractivity contribution is 5.89. The molecule has 2 N–H and O–H groups in total. The molecule has 2 aromatic carbocycles. The minimum absolute atomic E-state index is 0.230. The second-order valence-corrected chi connectivity index (χ2v) is 8.12. The largest absolute Gasteiger partial charge is 0.489 e. The average Bonchev–Trinajstić information content (AvgIpc) is 3.34. The van der Waals surface area contributed by atoms with Gasteiger partial charge in [0.1, 0.15) is 18.2 Å². The van der Waals surface area contributed by atoms with E-state index in [9.17, 15) is 9.18 Å². The lowest BCUT2D eigenvalue weighted by atomic mass is 9.97.